The Morgan fingerprint density at radius 2 is 1.76 bits per heavy atom. The maximum absolute atomic E-state index is 13.8. The van der Waals surface area contributed by atoms with E-state index in [1.165, 1.54) is 6.26 Å². The number of ketones is 1. The van der Waals surface area contributed by atoms with E-state index in [1.807, 2.05) is 24.3 Å². The van der Waals surface area contributed by atoms with E-state index in [9.17, 15) is 14.4 Å². The van der Waals surface area contributed by atoms with Crippen LogP contribution in [0, 0.1) is 0 Å². The number of benzene rings is 2. The molecule has 0 spiro atoms. The second-order valence-electron chi connectivity index (χ2n) is 9.73. The molecule has 0 saturated carbocycles. The zero-order chi connectivity index (χ0) is 26.3. The molecule has 1 aromatic heterocycles. The Morgan fingerprint density at radius 3 is 2.51 bits per heavy atom. The number of methoxy groups -OCH3 is 1. The average Bonchev–Trinajstić information content (AvgIpc) is 2.87. The van der Waals surface area contributed by atoms with E-state index in [1.54, 1.807) is 52.1 Å². The molecule has 1 N–H and O–H groups in total. The Morgan fingerprint density at radius 1 is 1.03 bits per heavy atom. The van der Waals surface area contributed by atoms with Crippen molar-refractivity contribution in [2.75, 3.05) is 7.11 Å². The predicted molar refractivity (Wildman–Crippen MR) is 139 cm³/mol. The number of ether oxygens (including phenoxy) is 2. The zero-order valence-electron chi connectivity index (χ0n) is 21.3. The Kier molecular flexibility index (Phi) is 6.46. The van der Waals surface area contributed by atoms with Crippen LogP contribution < -0.4 is 15.5 Å². The number of esters is 1. The summed E-state index contributed by atoms with van der Waals surface area (Å²) in [6, 6.07) is 14.6. The first-order valence-corrected chi connectivity index (χ1v) is 12.4. The van der Waals surface area contributed by atoms with Gasteiger partial charge < -0.3 is 19.2 Å². The van der Waals surface area contributed by atoms with E-state index in [0.717, 1.165) is 11.3 Å². The lowest BCUT2D eigenvalue weighted by Gasteiger charge is -2.36. The van der Waals surface area contributed by atoms with Gasteiger partial charge in [0, 0.05) is 34.9 Å². The number of Topliss-reactive ketones (excluding diaryl/α,β-unsaturated/α-hetero) is 1. The van der Waals surface area contributed by atoms with E-state index in [-0.39, 0.29) is 40.8 Å². The molecule has 0 bridgehead atoms. The molecule has 5 rings (SSSR count). The van der Waals surface area contributed by atoms with Crippen LogP contribution >= 0.6 is 0 Å². The number of carbonyl (C=O) groups is 2. The van der Waals surface area contributed by atoms with Crippen molar-refractivity contribution in [1.29, 1.82) is 0 Å². The number of hydrogen-bond donors (Lipinski definition) is 1. The number of rotatable bonds is 5. The van der Waals surface area contributed by atoms with Crippen LogP contribution in [0.5, 0.6) is 5.75 Å². The third-order valence-corrected chi connectivity index (χ3v) is 6.99. The topological polar surface area (TPSA) is 94.8 Å². The van der Waals surface area contributed by atoms with E-state index in [0.29, 0.717) is 34.4 Å². The largest absolute Gasteiger partial charge is 0.496 e. The monoisotopic (exact) mass is 499 g/mol. The fourth-order valence-electron chi connectivity index (χ4n) is 5.41. The Labute approximate surface area is 214 Å². The van der Waals surface area contributed by atoms with Gasteiger partial charge in [-0.1, -0.05) is 30.3 Å². The van der Waals surface area contributed by atoms with Crippen LogP contribution in [0.15, 0.2) is 86.5 Å². The molecule has 2 aromatic carbocycles. The van der Waals surface area contributed by atoms with Crippen LogP contribution in [0.25, 0.3) is 11.0 Å². The number of hydrogen-bond acceptors (Lipinski definition) is 7. The molecule has 37 heavy (non-hydrogen) atoms. The van der Waals surface area contributed by atoms with Crippen LogP contribution in [0.4, 0.5) is 0 Å². The van der Waals surface area contributed by atoms with Gasteiger partial charge in [-0.3, -0.25) is 9.59 Å². The SMILES string of the molecule is COc1ccccc1[C@@H]1CC(=O)C2=C(C1)NC(C)=C(C(=O)OC(C)C)[C@@H]2c1coc2ccccc2c1=O. The van der Waals surface area contributed by atoms with E-state index >= 15 is 0 Å². The van der Waals surface area contributed by atoms with Crippen molar-refractivity contribution in [3.63, 3.8) is 0 Å². The zero-order valence-corrected chi connectivity index (χ0v) is 21.3. The molecule has 0 radical (unpaired) electrons. The van der Waals surface area contributed by atoms with Gasteiger partial charge in [-0.25, -0.2) is 4.79 Å². The molecule has 0 unspecified atom stereocenters. The summed E-state index contributed by atoms with van der Waals surface area (Å²) in [5.41, 5.74) is 3.26. The van der Waals surface area contributed by atoms with Gasteiger partial charge in [0.2, 0.25) is 0 Å². The van der Waals surface area contributed by atoms with Gasteiger partial charge in [0.15, 0.2) is 11.2 Å². The van der Waals surface area contributed by atoms with Gasteiger partial charge in [0.05, 0.1) is 36.4 Å². The predicted octanol–water partition coefficient (Wildman–Crippen LogP) is 5.11. The maximum atomic E-state index is 13.8. The lowest BCUT2D eigenvalue weighted by molar-refractivity contribution is -0.143. The van der Waals surface area contributed by atoms with Crippen molar-refractivity contribution < 1.29 is 23.5 Å². The third kappa shape index (κ3) is 4.35. The summed E-state index contributed by atoms with van der Waals surface area (Å²) in [5.74, 6) is -0.983. The fraction of sp³-hybridized carbons (Fsp3) is 0.300. The van der Waals surface area contributed by atoms with Crippen molar-refractivity contribution in [2.24, 2.45) is 0 Å². The quantitative estimate of drug-likeness (QED) is 0.487. The van der Waals surface area contributed by atoms with Crippen molar-refractivity contribution in [3.8, 4) is 5.75 Å². The minimum atomic E-state index is -0.894. The third-order valence-electron chi connectivity index (χ3n) is 6.99. The number of dihydropyridines is 1. The molecule has 7 heteroatoms. The first kappa shape index (κ1) is 24.6. The van der Waals surface area contributed by atoms with Gasteiger partial charge in [-0.15, -0.1) is 0 Å². The fourth-order valence-corrected chi connectivity index (χ4v) is 5.41. The van der Waals surface area contributed by atoms with Crippen molar-refractivity contribution >= 4 is 22.7 Å². The number of nitrogens with one attached hydrogen (secondary N) is 1. The highest BCUT2D eigenvalue weighted by atomic mass is 16.5. The first-order valence-electron chi connectivity index (χ1n) is 12.4. The highest BCUT2D eigenvalue weighted by Gasteiger charge is 2.43. The molecule has 7 nitrogen and oxygen atoms in total. The second-order valence-corrected chi connectivity index (χ2v) is 9.73. The summed E-state index contributed by atoms with van der Waals surface area (Å²) in [6.45, 7) is 5.29. The molecular weight excluding hydrogens is 470 g/mol. The molecule has 190 valence electrons. The minimum absolute atomic E-state index is 0.111. The highest BCUT2D eigenvalue weighted by Crippen LogP contribution is 2.46. The second kappa shape index (κ2) is 9.73. The summed E-state index contributed by atoms with van der Waals surface area (Å²) < 4.78 is 16.9. The molecule has 2 aliphatic rings. The van der Waals surface area contributed by atoms with Crippen LogP contribution in [-0.4, -0.2) is 25.0 Å². The summed E-state index contributed by atoms with van der Waals surface area (Å²) >= 11 is 0. The normalized spacial score (nSPS) is 19.6. The smallest absolute Gasteiger partial charge is 0.337 e. The molecule has 1 aliphatic heterocycles. The number of para-hydroxylation sites is 2. The molecule has 2 atom stereocenters. The average molecular weight is 500 g/mol. The lowest BCUT2D eigenvalue weighted by atomic mass is 9.71. The van der Waals surface area contributed by atoms with Gasteiger partial charge in [0.1, 0.15) is 11.3 Å². The summed E-state index contributed by atoms with van der Waals surface area (Å²) in [7, 11) is 1.61. The molecule has 0 saturated heterocycles. The summed E-state index contributed by atoms with van der Waals surface area (Å²) in [4.78, 5) is 40.8. The Balaban J connectivity index is 1.67. The van der Waals surface area contributed by atoms with Crippen LogP contribution in [0.1, 0.15) is 56.6 Å². The van der Waals surface area contributed by atoms with Crippen LogP contribution in [-0.2, 0) is 14.3 Å². The number of fused-ring (bicyclic) bond motifs is 1. The lowest BCUT2D eigenvalue weighted by Crippen LogP contribution is -2.38. The van der Waals surface area contributed by atoms with E-state index in [4.69, 9.17) is 13.9 Å². The maximum Gasteiger partial charge on any atom is 0.337 e. The Hall–Kier alpha value is -4.13. The standard InChI is InChI=1S/C30H29NO6/c1-16(2)37-30(34)26-17(3)31-22-13-18(19-9-5-7-11-24(19)35-4)14-23(32)28(22)27(26)21-15-36-25-12-8-6-10-20(25)29(21)33/h5-12,15-16,18,27,31H,13-14H2,1-4H3/t18-,27-/m0/s1. The molecule has 2 heterocycles. The van der Waals surface area contributed by atoms with Crippen molar-refractivity contribution in [2.45, 2.75) is 51.6 Å². The Bertz CT molecular complexity index is 1530. The highest BCUT2D eigenvalue weighted by molar-refractivity contribution is 6.04. The van der Waals surface area contributed by atoms with Gasteiger partial charge >= 0.3 is 5.97 Å². The molecule has 0 amide bonds. The van der Waals surface area contributed by atoms with E-state index < -0.39 is 11.9 Å². The van der Waals surface area contributed by atoms with E-state index in [2.05, 4.69) is 5.32 Å². The van der Waals surface area contributed by atoms with Gasteiger partial charge in [-0.2, -0.15) is 0 Å². The molecule has 1 aliphatic carbocycles. The van der Waals surface area contributed by atoms with Crippen LogP contribution in [0.3, 0.4) is 0 Å². The molecule has 0 fully saturated rings. The van der Waals surface area contributed by atoms with Crippen molar-refractivity contribution in [3.05, 3.63) is 98.7 Å². The summed E-state index contributed by atoms with van der Waals surface area (Å²) in [6.07, 6.45) is 1.76. The summed E-state index contributed by atoms with van der Waals surface area (Å²) in [5, 5.41) is 3.70. The van der Waals surface area contributed by atoms with Crippen LogP contribution in [0.2, 0.25) is 0 Å². The molecule has 3 aromatic rings. The minimum Gasteiger partial charge on any atom is -0.496 e. The number of carbonyl (C=O) groups excluding carboxylic acids is 2. The van der Waals surface area contributed by atoms with Gasteiger partial charge in [-0.05, 0) is 51.0 Å². The van der Waals surface area contributed by atoms with Crippen molar-refractivity contribution in [1.82, 2.24) is 5.32 Å². The molecular formula is C30H29NO6. The number of allylic oxidation sites excluding steroid dienone is 3. The first-order chi connectivity index (χ1) is 17.8. The van der Waals surface area contributed by atoms with Gasteiger partial charge in [0.25, 0.3) is 0 Å².